The zero-order valence-corrected chi connectivity index (χ0v) is 14.0. The quantitative estimate of drug-likeness (QED) is 0.416. The Morgan fingerprint density at radius 2 is 1.67 bits per heavy atom. The Morgan fingerprint density at radius 3 is 2.24 bits per heavy atom. The van der Waals surface area contributed by atoms with E-state index in [9.17, 15) is 14.7 Å². The second-order valence-electron chi connectivity index (χ2n) is 4.58. The fourth-order valence-corrected chi connectivity index (χ4v) is 1.97. The Balaban J connectivity index is 0.00000220. The van der Waals surface area contributed by atoms with Gasteiger partial charge in [-0.05, 0) is 23.8 Å². The van der Waals surface area contributed by atoms with E-state index in [1.54, 1.807) is 36.4 Å². The summed E-state index contributed by atoms with van der Waals surface area (Å²) in [6.45, 7) is 1.48. The van der Waals surface area contributed by atoms with Gasteiger partial charge in [-0.3, -0.25) is 4.79 Å². The largest absolute Gasteiger partial charge is 1.00 e. The Kier molecular flexibility index (Phi) is 6.15. The number of carbonyl (C=O) groups excluding carboxylic acids is 2. The third-order valence-corrected chi connectivity index (χ3v) is 3.21. The third kappa shape index (κ3) is 3.94. The van der Waals surface area contributed by atoms with Gasteiger partial charge in [-0.1, -0.05) is 37.3 Å². The average Bonchev–Trinajstić information content (AvgIpc) is 2.47. The van der Waals surface area contributed by atoms with Gasteiger partial charge in [0.25, 0.3) is 0 Å². The first-order valence-electron chi connectivity index (χ1n) is 6.20. The molecule has 102 valence electrons. The van der Waals surface area contributed by atoms with Gasteiger partial charge in [0.05, 0.1) is 0 Å². The molecule has 4 nitrogen and oxygen atoms in total. The van der Waals surface area contributed by atoms with Crippen LogP contribution in [0.4, 0.5) is 5.69 Å². The number of aliphatic carboxylic acids is 1. The summed E-state index contributed by atoms with van der Waals surface area (Å²) >= 11 is 0. The summed E-state index contributed by atoms with van der Waals surface area (Å²) in [5, 5.41) is 11.0. The van der Waals surface area contributed by atoms with E-state index in [2.05, 4.69) is 0 Å². The standard InChI is InChI=1S/C16H15NO3.Na/c1-10(16(19)20)13-9-12(7-8-14(13)17)15(18)11-5-3-2-4-6-11;/h2-10H,17H2,1H3,(H,19,20);/q;+1/p-1. The van der Waals surface area contributed by atoms with Gasteiger partial charge in [-0.2, -0.15) is 0 Å². The molecule has 0 aliphatic rings. The molecule has 0 aliphatic heterocycles. The normalized spacial score (nSPS) is 11.3. The number of rotatable bonds is 4. The summed E-state index contributed by atoms with van der Waals surface area (Å²) in [4.78, 5) is 23.2. The van der Waals surface area contributed by atoms with E-state index in [1.807, 2.05) is 6.07 Å². The third-order valence-electron chi connectivity index (χ3n) is 3.21. The van der Waals surface area contributed by atoms with E-state index in [4.69, 9.17) is 5.73 Å². The number of ketones is 1. The number of anilines is 1. The number of hydrogen-bond donors (Lipinski definition) is 1. The molecule has 0 saturated heterocycles. The van der Waals surface area contributed by atoms with Gasteiger partial charge in [0.1, 0.15) is 0 Å². The van der Waals surface area contributed by atoms with Gasteiger partial charge in [-0.25, -0.2) is 0 Å². The Labute approximate surface area is 145 Å². The van der Waals surface area contributed by atoms with Crippen LogP contribution in [0.15, 0.2) is 48.5 Å². The Hall–Kier alpha value is -1.62. The maximum atomic E-state index is 12.3. The van der Waals surface area contributed by atoms with Gasteiger partial charge in [0, 0.05) is 28.7 Å². The second-order valence-corrected chi connectivity index (χ2v) is 4.58. The number of carbonyl (C=O) groups is 2. The molecule has 5 heteroatoms. The molecule has 1 atom stereocenters. The van der Waals surface area contributed by atoms with Crippen molar-refractivity contribution in [1.29, 1.82) is 0 Å². The van der Waals surface area contributed by atoms with E-state index >= 15 is 0 Å². The van der Waals surface area contributed by atoms with Crippen molar-refractivity contribution in [1.82, 2.24) is 0 Å². The fourth-order valence-electron chi connectivity index (χ4n) is 1.97. The van der Waals surface area contributed by atoms with Crippen molar-refractivity contribution in [2.24, 2.45) is 0 Å². The van der Waals surface area contributed by atoms with E-state index < -0.39 is 11.9 Å². The minimum atomic E-state index is -1.22. The van der Waals surface area contributed by atoms with Crippen LogP contribution in [0.3, 0.4) is 0 Å². The van der Waals surface area contributed by atoms with Gasteiger partial charge < -0.3 is 15.6 Å². The van der Waals surface area contributed by atoms with Gasteiger partial charge >= 0.3 is 29.6 Å². The van der Waals surface area contributed by atoms with E-state index in [-0.39, 0.29) is 35.3 Å². The first-order chi connectivity index (χ1) is 9.50. The molecule has 2 rings (SSSR count). The number of nitrogen functional groups attached to an aromatic ring is 1. The molecule has 2 aromatic carbocycles. The van der Waals surface area contributed by atoms with Crippen LogP contribution in [-0.4, -0.2) is 11.8 Å². The number of nitrogens with two attached hydrogens (primary N) is 1. The first kappa shape index (κ1) is 17.4. The fraction of sp³-hybridized carbons (Fsp3) is 0.125. The predicted octanol–water partition coefficient (Wildman–Crippen LogP) is -1.64. The maximum absolute atomic E-state index is 12.3. The molecule has 0 aliphatic carbocycles. The monoisotopic (exact) mass is 291 g/mol. The van der Waals surface area contributed by atoms with Crippen molar-refractivity contribution in [2.45, 2.75) is 12.8 Å². The molecule has 0 heterocycles. The number of hydrogen-bond acceptors (Lipinski definition) is 4. The summed E-state index contributed by atoms with van der Waals surface area (Å²) in [7, 11) is 0. The molecule has 0 aromatic heterocycles. The molecule has 1 unspecified atom stereocenters. The molecule has 0 radical (unpaired) electrons. The Bertz CT molecular complexity index is 656. The minimum absolute atomic E-state index is 0. The van der Waals surface area contributed by atoms with Crippen LogP contribution < -0.4 is 40.4 Å². The molecule has 0 fully saturated rings. The number of benzene rings is 2. The van der Waals surface area contributed by atoms with Crippen molar-refractivity contribution in [3.63, 3.8) is 0 Å². The molecule has 0 spiro atoms. The summed E-state index contributed by atoms with van der Waals surface area (Å²) in [6, 6.07) is 13.4. The molecule has 0 amide bonds. The summed E-state index contributed by atoms with van der Waals surface area (Å²) in [5.74, 6) is -2.25. The predicted molar refractivity (Wildman–Crippen MR) is 74.2 cm³/mol. The van der Waals surface area contributed by atoms with Crippen molar-refractivity contribution in [2.75, 3.05) is 5.73 Å². The SMILES string of the molecule is CC(C(=O)[O-])c1cc(C(=O)c2ccccc2)ccc1N.[Na+]. The molecule has 0 bridgehead atoms. The first-order valence-corrected chi connectivity index (χ1v) is 6.20. The van der Waals surface area contributed by atoms with E-state index in [0.29, 0.717) is 22.4 Å². The number of carboxylic acids is 1. The average molecular weight is 291 g/mol. The number of carboxylic acid groups (broad SMARTS) is 1. The molecule has 2 aromatic rings. The topological polar surface area (TPSA) is 83.2 Å². The zero-order valence-electron chi connectivity index (χ0n) is 12.0. The summed E-state index contributed by atoms with van der Waals surface area (Å²) < 4.78 is 0. The zero-order chi connectivity index (χ0) is 14.7. The molecular formula is C16H14NNaO3. The van der Waals surface area contributed by atoms with Crippen LogP contribution >= 0.6 is 0 Å². The van der Waals surface area contributed by atoms with Crippen molar-refractivity contribution < 1.29 is 44.3 Å². The van der Waals surface area contributed by atoms with E-state index in [1.165, 1.54) is 13.0 Å². The molecule has 0 saturated carbocycles. The van der Waals surface area contributed by atoms with Crippen molar-refractivity contribution >= 4 is 17.4 Å². The second kappa shape index (κ2) is 7.41. The van der Waals surface area contributed by atoms with Crippen LogP contribution in [0.1, 0.15) is 34.3 Å². The van der Waals surface area contributed by atoms with Gasteiger partial charge in [0.15, 0.2) is 5.78 Å². The smallest absolute Gasteiger partial charge is 0.550 e. The van der Waals surface area contributed by atoms with Gasteiger partial charge in [0.2, 0.25) is 0 Å². The van der Waals surface area contributed by atoms with Crippen LogP contribution in [-0.2, 0) is 4.79 Å². The molecule has 21 heavy (non-hydrogen) atoms. The minimum Gasteiger partial charge on any atom is -0.550 e. The maximum Gasteiger partial charge on any atom is 1.00 e. The van der Waals surface area contributed by atoms with Crippen molar-refractivity contribution in [3.8, 4) is 0 Å². The van der Waals surface area contributed by atoms with Crippen LogP contribution in [0, 0.1) is 0 Å². The van der Waals surface area contributed by atoms with Crippen LogP contribution in [0.25, 0.3) is 0 Å². The summed E-state index contributed by atoms with van der Waals surface area (Å²) in [6.07, 6.45) is 0. The van der Waals surface area contributed by atoms with Crippen LogP contribution in [0.2, 0.25) is 0 Å². The molecular weight excluding hydrogens is 277 g/mol. The Morgan fingerprint density at radius 1 is 1.05 bits per heavy atom. The van der Waals surface area contributed by atoms with E-state index in [0.717, 1.165) is 0 Å². The molecule has 2 N–H and O–H groups in total. The van der Waals surface area contributed by atoms with Crippen LogP contribution in [0.5, 0.6) is 0 Å². The van der Waals surface area contributed by atoms with Crippen molar-refractivity contribution in [3.05, 3.63) is 65.2 Å². The van der Waals surface area contributed by atoms with Gasteiger partial charge in [-0.15, -0.1) is 0 Å². The summed E-state index contributed by atoms with van der Waals surface area (Å²) in [5.41, 5.74) is 7.46.